The Labute approximate surface area is 371 Å². The van der Waals surface area contributed by atoms with Crippen LogP contribution >= 0.6 is 0 Å². The van der Waals surface area contributed by atoms with Crippen molar-refractivity contribution in [2.75, 3.05) is 26.4 Å². The van der Waals surface area contributed by atoms with Gasteiger partial charge in [-0.3, -0.25) is 0 Å². The molecule has 0 N–H and O–H groups in total. The van der Waals surface area contributed by atoms with E-state index in [-0.39, 0.29) is 35.9 Å². The Hall–Kier alpha value is -8.36. The molecule has 14 heteroatoms. The number of benzene rings is 4. The highest BCUT2D eigenvalue weighted by Crippen LogP contribution is 2.20. The molecule has 4 rings (SSSR count). The lowest BCUT2D eigenvalue weighted by Crippen LogP contribution is -2.10. The molecule has 0 aliphatic heterocycles. The molecule has 0 unspecified atom stereocenters. The van der Waals surface area contributed by atoms with E-state index in [0.717, 1.165) is 23.3 Å². The lowest BCUT2D eigenvalue weighted by molar-refractivity contribution is -0.138. The maximum absolute atomic E-state index is 12.8. The smallest absolute Gasteiger partial charge is 0.354 e. The zero-order chi connectivity index (χ0) is 46.1. The largest absolute Gasteiger partial charge is 0.494 e. The van der Waals surface area contributed by atoms with Crippen LogP contribution in [0.4, 0.5) is 0 Å². The van der Waals surface area contributed by atoms with Crippen molar-refractivity contribution in [3.05, 3.63) is 156 Å². The van der Waals surface area contributed by atoms with Crippen LogP contribution in [-0.2, 0) is 28.7 Å². The van der Waals surface area contributed by atoms with Gasteiger partial charge in [0.1, 0.15) is 46.3 Å². The minimum Gasteiger partial charge on any atom is -0.494 e. The molecule has 0 heterocycles. The van der Waals surface area contributed by atoms with Crippen LogP contribution in [0.2, 0.25) is 0 Å². The average Bonchev–Trinajstić information content (AvgIpc) is 3.32. The number of ether oxygens (including phenoxy) is 6. The molecule has 0 bridgehead atoms. The molecule has 0 saturated heterocycles. The van der Waals surface area contributed by atoms with Gasteiger partial charge in [0.2, 0.25) is 0 Å². The molecule has 4 aromatic carbocycles. The van der Waals surface area contributed by atoms with Crippen LogP contribution in [0.5, 0.6) is 23.0 Å². The molecule has 4 aromatic rings. The van der Waals surface area contributed by atoms with E-state index in [4.69, 9.17) is 28.4 Å². The molecule has 64 heavy (non-hydrogen) atoms. The average molecular weight is 863 g/mol. The number of nitrogens with zero attached hydrogens (tertiary/aromatic N) is 4. The van der Waals surface area contributed by atoms with Crippen LogP contribution in [-0.4, -0.2) is 61.7 Å². The van der Waals surface area contributed by atoms with E-state index in [1.54, 1.807) is 111 Å². The SMILES string of the molecule is C=CC(=O)OCCCCOc1ccc(/C=C(\C#N)C(=O)Oc2ccc(/C(C)=N/N=C(\C)c3ccc(OC(=O)/C(C#N)=C/c4ccc(OCCCCOC(=O)C=C)cc4)cc3)cc2)cc1. The Kier molecular flexibility index (Phi) is 19.7. The van der Waals surface area contributed by atoms with E-state index in [0.29, 0.717) is 72.9 Å². The topological polar surface area (TPSA) is 196 Å². The van der Waals surface area contributed by atoms with Gasteiger partial charge in [0.05, 0.1) is 37.9 Å². The van der Waals surface area contributed by atoms with Crippen LogP contribution < -0.4 is 18.9 Å². The molecule has 0 saturated carbocycles. The molecule has 0 aliphatic rings. The summed E-state index contributed by atoms with van der Waals surface area (Å²) in [5.41, 5.74) is 3.44. The van der Waals surface area contributed by atoms with Crippen molar-refractivity contribution in [3.8, 4) is 35.1 Å². The summed E-state index contributed by atoms with van der Waals surface area (Å²) in [6, 6.07) is 30.7. The molecule has 0 atom stereocenters. The quantitative estimate of drug-likeness (QED) is 0.0131. The van der Waals surface area contributed by atoms with Gasteiger partial charge in [-0.15, -0.1) is 0 Å². The third kappa shape index (κ3) is 16.6. The predicted octanol–water partition coefficient (Wildman–Crippen LogP) is 8.72. The maximum atomic E-state index is 12.8. The van der Waals surface area contributed by atoms with E-state index in [2.05, 4.69) is 23.4 Å². The highest BCUT2D eigenvalue weighted by Gasteiger charge is 2.14. The summed E-state index contributed by atoms with van der Waals surface area (Å²) in [7, 11) is 0. The highest BCUT2D eigenvalue weighted by atomic mass is 16.5. The second-order valence-electron chi connectivity index (χ2n) is 13.5. The second kappa shape index (κ2) is 26.1. The van der Waals surface area contributed by atoms with Crippen LogP contribution in [0.25, 0.3) is 12.2 Å². The fourth-order valence-electron chi connectivity index (χ4n) is 5.30. The van der Waals surface area contributed by atoms with Crippen molar-refractivity contribution >= 4 is 47.5 Å². The van der Waals surface area contributed by atoms with E-state index in [1.165, 1.54) is 12.2 Å². The maximum Gasteiger partial charge on any atom is 0.354 e. The molecule has 14 nitrogen and oxygen atoms in total. The zero-order valence-electron chi connectivity index (χ0n) is 35.5. The van der Waals surface area contributed by atoms with Crippen molar-refractivity contribution in [1.29, 1.82) is 10.5 Å². The Bertz CT molecular complexity index is 2300. The first kappa shape index (κ1) is 48.3. The zero-order valence-corrected chi connectivity index (χ0v) is 35.5. The fourth-order valence-corrected chi connectivity index (χ4v) is 5.30. The molecule has 0 aromatic heterocycles. The first-order chi connectivity index (χ1) is 31.0. The van der Waals surface area contributed by atoms with E-state index >= 15 is 0 Å². The standard InChI is InChI=1S/C50H46N4O10/c1-5-47(55)61-29-9-7-27-59-43-19-11-37(12-20-43)31-41(33-51)49(57)63-45-23-15-39(16-24-45)35(3)53-54-36(4)40-17-25-46(26-18-40)64-50(58)42(34-52)32-38-13-21-44(22-14-38)60-28-8-10-30-62-48(56)6-2/h5-6,11-26,31-32H,1-2,7-10,27-30H2,3-4H3/b41-31+,42-32+,53-35+,54-36+. The van der Waals surface area contributed by atoms with Crippen molar-refractivity contribution in [2.24, 2.45) is 10.2 Å². The monoisotopic (exact) mass is 862 g/mol. The minimum atomic E-state index is -0.814. The Morgan fingerprint density at radius 3 is 1.17 bits per heavy atom. The van der Waals surface area contributed by atoms with Crippen molar-refractivity contribution < 1.29 is 47.6 Å². The van der Waals surface area contributed by atoms with Gasteiger partial charge in [0.15, 0.2) is 0 Å². The van der Waals surface area contributed by atoms with Gasteiger partial charge >= 0.3 is 23.9 Å². The number of unbranched alkanes of at least 4 members (excludes halogenated alkanes) is 2. The lowest BCUT2D eigenvalue weighted by atomic mass is 10.1. The summed E-state index contributed by atoms with van der Waals surface area (Å²) in [6.07, 6.45) is 7.74. The van der Waals surface area contributed by atoms with Gasteiger partial charge in [0, 0.05) is 12.2 Å². The number of carbonyl (C=O) groups excluding carboxylic acids is 4. The second-order valence-corrected chi connectivity index (χ2v) is 13.5. The van der Waals surface area contributed by atoms with Crippen LogP contribution in [0.15, 0.2) is 144 Å². The summed E-state index contributed by atoms with van der Waals surface area (Å²) in [5.74, 6) is -0.856. The lowest BCUT2D eigenvalue weighted by Gasteiger charge is -2.07. The number of esters is 4. The van der Waals surface area contributed by atoms with Gasteiger partial charge in [-0.1, -0.05) is 37.4 Å². The molecule has 0 fully saturated rings. The number of hydrogen-bond acceptors (Lipinski definition) is 14. The van der Waals surface area contributed by atoms with Crippen LogP contribution in [0.1, 0.15) is 61.8 Å². The predicted molar refractivity (Wildman–Crippen MR) is 240 cm³/mol. The normalized spacial score (nSPS) is 11.6. The Morgan fingerprint density at radius 1 is 0.516 bits per heavy atom. The van der Waals surface area contributed by atoms with Gasteiger partial charge in [-0.05, 0) is 147 Å². The first-order valence-electron chi connectivity index (χ1n) is 20.0. The summed E-state index contributed by atoms with van der Waals surface area (Å²) >= 11 is 0. The fraction of sp³-hybridized carbons (Fsp3) is 0.200. The van der Waals surface area contributed by atoms with E-state index < -0.39 is 23.9 Å². The van der Waals surface area contributed by atoms with Gasteiger partial charge < -0.3 is 28.4 Å². The van der Waals surface area contributed by atoms with Gasteiger partial charge in [-0.2, -0.15) is 20.7 Å². The molecule has 0 aliphatic carbocycles. The van der Waals surface area contributed by atoms with Crippen molar-refractivity contribution in [3.63, 3.8) is 0 Å². The van der Waals surface area contributed by atoms with E-state index in [9.17, 15) is 29.7 Å². The van der Waals surface area contributed by atoms with Crippen molar-refractivity contribution in [1.82, 2.24) is 0 Å². The molecular formula is C50H46N4O10. The molecule has 0 spiro atoms. The number of hydrogen-bond donors (Lipinski definition) is 0. The molecule has 326 valence electrons. The Balaban J connectivity index is 1.24. The third-order valence-electron chi connectivity index (χ3n) is 8.81. The summed E-state index contributed by atoms with van der Waals surface area (Å²) in [6.45, 7) is 11.7. The molecule has 0 amide bonds. The Morgan fingerprint density at radius 2 is 0.844 bits per heavy atom. The first-order valence-corrected chi connectivity index (χ1v) is 20.0. The minimum absolute atomic E-state index is 0.189. The van der Waals surface area contributed by atoms with Crippen LogP contribution in [0, 0.1) is 22.7 Å². The molecule has 0 radical (unpaired) electrons. The molecular weight excluding hydrogens is 817 g/mol. The number of nitriles is 2. The third-order valence-corrected chi connectivity index (χ3v) is 8.81. The van der Waals surface area contributed by atoms with E-state index in [1.807, 2.05) is 12.1 Å². The number of carbonyl (C=O) groups is 4. The van der Waals surface area contributed by atoms with Crippen LogP contribution in [0.3, 0.4) is 0 Å². The van der Waals surface area contributed by atoms with Gasteiger partial charge in [-0.25, -0.2) is 19.2 Å². The summed E-state index contributed by atoms with van der Waals surface area (Å²) in [4.78, 5) is 47.8. The summed E-state index contributed by atoms with van der Waals surface area (Å²) < 4.78 is 32.1. The number of rotatable bonds is 23. The highest BCUT2D eigenvalue weighted by molar-refractivity contribution is 6.03. The van der Waals surface area contributed by atoms with Crippen molar-refractivity contribution in [2.45, 2.75) is 39.5 Å². The summed E-state index contributed by atoms with van der Waals surface area (Å²) in [5, 5.41) is 28.0. The van der Waals surface area contributed by atoms with Gasteiger partial charge in [0.25, 0.3) is 0 Å².